The molecule has 2 rings (SSSR count). The van der Waals surface area contributed by atoms with Gasteiger partial charge in [-0.15, -0.1) is 5.10 Å². The van der Waals surface area contributed by atoms with E-state index in [2.05, 4.69) is 15.6 Å². The third-order valence-electron chi connectivity index (χ3n) is 3.81. The van der Waals surface area contributed by atoms with Crippen LogP contribution in [0, 0.1) is 5.92 Å². The van der Waals surface area contributed by atoms with Crippen LogP contribution in [0.3, 0.4) is 0 Å². The number of aromatic nitrogens is 3. The highest BCUT2D eigenvalue weighted by Crippen LogP contribution is 2.39. The number of ether oxygens (including phenoxy) is 1. The van der Waals surface area contributed by atoms with Gasteiger partial charge in [0.15, 0.2) is 5.12 Å². The van der Waals surface area contributed by atoms with Gasteiger partial charge >= 0.3 is 6.09 Å². The van der Waals surface area contributed by atoms with Crippen molar-refractivity contribution in [1.82, 2.24) is 20.3 Å². The summed E-state index contributed by atoms with van der Waals surface area (Å²) in [6.07, 6.45) is 3.43. The monoisotopic (exact) mass is 354 g/mol. The predicted molar refractivity (Wildman–Crippen MR) is 92.7 cm³/mol. The molecule has 134 valence electrons. The number of carbonyl (C=O) groups excluding carboxylic acids is 2. The number of nitrogens with one attached hydrogen (secondary N) is 1. The third-order valence-corrected chi connectivity index (χ3v) is 4.86. The van der Waals surface area contributed by atoms with Gasteiger partial charge in [-0.2, -0.15) is 0 Å². The van der Waals surface area contributed by atoms with Gasteiger partial charge in [-0.3, -0.25) is 4.79 Å². The molecule has 8 heteroatoms. The molecule has 1 amide bonds. The van der Waals surface area contributed by atoms with Crippen LogP contribution in [0.4, 0.5) is 4.79 Å². The fourth-order valence-corrected chi connectivity index (χ4v) is 3.26. The second-order valence-electron chi connectivity index (χ2n) is 7.29. The third kappa shape index (κ3) is 5.51. The maximum atomic E-state index is 11.8. The second kappa shape index (κ2) is 7.55. The molecular formula is C16H26N4O3S. The molecule has 1 fully saturated rings. The standard InChI is InChI=1S/C16H26N4O3S/c1-10(17-15(22)23-16(3,4)5)14-8-20(19-18-14)13-6-12(7-13)9-24-11(2)21/h8,10,12-13H,6-7,9H2,1-5H3,(H,17,22). The summed E-state index contributed by atoms with van der Waals surface area (Å²) in [5.41, 5.74) is 0.183. The first-order valence-electron chi connectivity index (χ1n) is 8.18. The van der Waals surface area contributed by atoms with E-state index in [0.717, 1.165) is 18.6 Å². The molecular weight excluding hydrogens is 328 g/mol. The maximum absolute atomic E-state index is 11.8. The number of hydrogen-bond donors (Lipinski definition) is 1. The fourth-order valence-electron chi connectivity index (χ4n) is 2.51. The molecule has 1 N–H and O–H groups in total. The molecule has 24 heavy (non-hydrogen) atoms. The molecule has 1 saturated carbocycles. The van der Waals surface area contributed by atoms with Crippen molar-refractivity contribution in [2.75, 3.05) is 5.75 Å². The zero-order valence-electron chi connectivity index (χ0n) is 14.9. The zero-order valence-corrected chi connectivity index (χ0v) is 15.7. The number of rotatable bonds is 5. The van der Waals surface area contributed by atoms with Crippen LogP contribution in [0.5, 0.6) is 0 Å². The van der Waals surface area contributed by atoms with Crippen LogP contribution in [-0.2, 0) is 9.53 Å². The SMILES string of the molecule is CC(=O)SCC1CC(n2cc(C(C)NC(=O)OC(C)(C)C)nn2)C1. The van der Waals surface area contributed by atoms with E-state index in [0.29, 0.717) is 17.7 Å². The van der Waals surface area contributed by atoms with E-state index in [4.69, 9.17) is 4.74 Å². The molecule has 0 saturated heterocycles. The van der Waals surface area contributed by atoms with Gasteiger partial charge in [-0.1, -0.05) is 17.0 Å². The first kappa shape index (κ1) is 18.8. The van der Waals surface area contributed by atoms with Gasteiger partial charge < -0.3 is 10.1 Å². The van der Waals surface area contributed by atoms with Gasteiger partial charge in [0.1, 0.15) is 11.3 Å². The summed E-state index contributed by atoms with van der Waals surface area (Å²) < 4.78 is 7.10. The van der Waals surface area contributed by atoms with Crippen molar-refractivity contribution in [3.05, 3.63) is 11.9 Å². The topological polar surface area (TPSA) is 86.1 Å². The normalized spacial score (nSPS) is 21.7. The molecule has 1 aliphatic rings. The Morgan fingerprint density at radius 1 is 1.46 bits per heavy atom. The minimum Gasteiger partial charge on any atom is -0.444 e. The van der Waals surface area contributed by atoms with E-state index >= 15 is 0 Å². The lowest BCUT2D eigenvalue weighted by Gasteiger charge is -2.34. The predicted octanol–water partition coefficient (Wildman–Crippen LogP) is 3.09. The van der Waals surface area contributed by atoms with Gasteiger partial charge in [-0.05, 0) is 46.5 Å². The summed E-state index contributed by atoms with van der Waals surface area (Å²) in [6.45, 7) is 8.93. The van der Waals surface area contributed by atoms with Gasteiger partial charge in [-0.25, -0.2) is 9.48 Å². The average molecular weight is 354 g/mol. The molecule has 0 bridgehead atoms. The van der Waals surface area contributed by atoms with Crippen LogP contribution in [0.1, 0.15) is 65.2 Å². The Hall–Kier alpha value is -1.57. The summed E-state index contributed by atoms with van der Waals surface area (Å²) in [5.74, 6) is 1.44. The van der Waals surface area contributed by atoms with Gasteiger partial charge in [0.25, 0.3) is 0 Å². The summed E-state index contributed by atoms with van der Waals surface area (Å²) in [5, 5.41) is 11.3. The smallest absolute Gasteiger partial charge is 0.408 e. The Morgan fingerprint density at radius 3 is 2.71 bits per heavy atom. The molecule has 1 atom stereocenters. The number of thioether (sulfide) groups is 1. The lowest BCUT2D eigenvalue weighted by Crippen LogP contribution is -2.34. The number of carbonyl (C=O) groups is 2. The van der Waals surface area contributed by atoms with E-state index in [9.17, 15) is 9.59 Å². The Kier molecular flexibility index (Phi) is 5.90. The van der Waals surface area contributed by atoms with Crippen molar-refractivity contribution >= 4 is 23.0 Å². The summed E-state index contributed by atoms with van der Waals surface area (Å²) in [7, 11) is 0. The van der Waals surface area contributed by atoms with Crippen LogP contribution in [0.2, 0.25) is 0 Å². The van der Waals surface area contributed by atoms with E-state index < -0.39 is 11.7 Å². The molecule has 1 unspecified atom stereocenters. The molecule has 0 spiro atoms. The highest BCUT2D eigenvalue weighted by atomic mass is 32.2. The molecule has 1 aromatic heterocycles. The molecule has 0 aromatic carbocycles. The average Bonchev–Trinajstić information content (AvgIpc) is 2.83. The minimum atomic E-state index is -0.528. The van der Waals surface area contributed by atoms with Crippen molar-refractivity contribution < 1.29 is 14.3 Å². The van der Waals surface area contributed by atoms with E-state index in [1.54, 1.807) is 6.92 Å². The lowest BCUT2D eigenvalue weighted by atomic mass is 9.82. The number of hydrogen-bond acceptors (Lipinski definition) is 6. The van der Waals surface area contributed by atoms with Crippen molar-refractivity contribution in [2.45, 2.75) is 65.1 Å². The Labute approximate surface area is 146 Å². The largest absolute Gasteiger partial charge is 0.444 e. The van der Waals surface area contributed by atoms with Crippen LogP contribution in [-0.4, -0.2) is 37.6 Å². The van der Waals surface area contributed by atoms with Crippen molar-refractivity contribution in [3.63, 3.8) is 0 Å². The van der Waals surface area contributed by atoms with Crippen LogP contribution in [0.25, 0.3) is 0 Å². The molecule has 0 aliphatic heterocycles. The highest BCUT2D eigenvalue weighted by Gasteiger charge is 2.32. The van der Waals surface area contributed by atoms with Crippen LogP contribution >= 0.6 is 11.8 Å². The molecule has 1 aromatic rings. The maximum Gasteiger partial charge on any atom is 0.408 e. The highest BCUT2D eigenvalue weighted by molar-refractivity contribution is 8.13. The molecule has 1 aliphatic carbocycles. The second-order valence-corrected chi connectivity index (χ2v) is 8.48. The van der Waals surface area contributed by atoms with E-state index in [1.165, 1.54) is 11.8 Å². The van der Waals surface area contributed by atoms with Gasteiger partial charge in [0, 0.05) is 12.7 Å². The first-order chi connectivity index (χ1) is 11.1. The minimum absolute atomic E-state index is 0.170. The number of amides is 1. The molecule has 7 nitrogen and oxygen atoms in total. The number of alkyl carbamates (subject to hydrolysis) is 1. The summed E-state index contributed by atoms with van der Waals surface area (Å²) in [6, 6.07) is 0.0651. The Bertz CT molecular complexity index is 590. The van der Waals surface area contributed by atoms with Crippen molar-refractivity contribution in [1.29, 1.82) is 0 Å². The molecule has 0 radical (unpaired) electrons. The molecule has 1 heterocycles. The fraction of sp³-hybridized carbons (Fsp3) is 0.750. The quantitative estimate of drug-likeness (QED) is 0.874. The van der Waals surface area contributed by atoms with E-state index in [-0.39, 0.29) is 11.2 Å². The van der Waals surface area contributed by atoms with Crippen molar-refractivity contribution in [2.24, 2.45) is 5.92 Å². The van der Waals surface area contributed by atoms with E-state index in [1.807, 2.05) is 38.6 Å². The Balaban J connectivity index is 1.81. The lowest BCUT2D eigenvalue weighted by molar-refractivity contribution is -0.109. The Morgan fingerprint density at radius 2 is 2.12 bits per heavy atom. The van der Waals surface area contributed by atoms with Gasteiger partial charge in [0.05, 0.1) is 18.3 Å². The number of nitrogens with zero attached hydrogens (tertiary/aromatic N) is 3. The van der Waals surface area contributed by atoms with Crippen LogP contribution in [0.15, 0.2) is 6.20 Å². The summed E-state index contributed by atoms with van der Waals surface area (Å²) in [4.78, 5) is 22.8. The first-order valence-corrected chi connectivity index (χ1v) is 9.17. The zero-order chi connectivity index (χ0) is 17.9. The summed E-state index contributed by atoms with van der Waals surface area (Å²) >= 11 is 1.39. The van der Waals surface area contributed by atoms with Crippen LogP contribution < -0.4 is 5.32 Å². The van der Waals surface area contributed by atoms with Gasteiger partial charge in [0.2, 0.25) is 0 Å². The van der Waals surface area contributed by atoms with Crippen molar-refractivity contribution in [3.8, 4) is 0 Å².